The third kappa shape index (κ3) is 3.57. The lowest BCUT2D eigenvalue weighted by Gasteiger charge is -2.19. The van der Waals surface area contributed by atoms with Crippen LogP contribution in [0.1, 0.15) is 36.2 Å². The molecule has 0 aliphatic heterocycles. The molecule has 0 spiro atoms. The molecule has 0 radical (unpaired) electrons. The molecule has 0 heterocycles. The number of rotatable bonds is 5. The van der Waals surface area contributed by atoms with E-state index >= 15 is 0 Å². The van der Waals surface area contributed by atoms with E-state index in [-0.39, 0.29) is 6.42 Å². The molecule has 0 saturated heterocycles. The number of primary amides is 1. The Morgan fingerprint density at radius 2 is 1.90 bits per heavy atom. The van der Waals surface area contributed by atoms with Crippen molar-refractivity contribution in [1.29, 1.82) is 0 Å². The van der Waals surface area contributed by atoms with E-state index in [4.69, 9.17) is 10.8 Å². The van der Waals surface area contributed by atoms with E-state index < -0.39 is 23.2 Å². The van der Waals surface area contributed by atoms with Gasteiger partial charge < -0.3 is 16.2 Å². The highest BCUT2D eigenvalue weighted by Gasteiger charge is 2.30. The Morgan fingerprint density at radius 3 is 2.40 bits per heavy atom. The van der Waals surface area contributed by atoms with E-state index in [1.54, 1.807) is 25.1 Å². The van der Waals surface area contributed by atoms with Gasteiger partial charge in [-0.1, -0.05) is 6.07 Å². The number of carbonyl (C=O) groups is 3. The summed E-state index contributed by atoms with van der Waals surface area (Å²) in [5, 5.41) is 11.6. The van der Waals surface area contributed by atoms with Crippen LogP contribution in [0.5, 0.6) is 0 Å². The number of nitrogens with one attached hydrogen (secondary N) is 1. The molecule has 20 heavy (non-hydrogen) atoms. The molecule has 1 aromatic carbocycles. The number of carboxylic acid groups (broad SMARTS) is 1. The van der Waals surface area contributed by atoms with Gasteiger partial charge in [0, 0.05) is 17.7 Å². The number of nitrogens with two attached hydrogens (primary N) is 1. The second-order valence-corrected chi connectivity index (χ2v) is 5.26. The van der Waals surface area contributed by atoms with Crippen LogP contribution < -0.4 is 11.1 Å². The molecule has 0 aromatic heterocycles. The molecular weight excluding hydrogens is 260 g/mol. The van der Waals surface area contributed by atoms with Gasteiger partial charge in [-0.2, -0.15) is 0 Å². The van der Waals surface area contributed by atoms with Crippen molar-refractivity contribution in [2.75, 3.05) is 5.32 Å². The molecule has 2 amide bonds. The van der Waals surface area contributed by atoms with Crippen molar-refractivity contribution < 1.29 is 19.5 Å². The summed E-state index contributed by atoms with van der Waals surface area (Å²) in [6.45, 7) is 4.61. The average molecular weight is 278 g/mol. The van der Waals surface area contributed by atoms with Gasteiger partial charge in [-0.15, -0.1) is 0 Å². The standard InChI is InChI=1S/C14H18N2O4/c1-8-9(12(15)18)5-4-6-10(8)16-11(17)7-14(2,3)13(19)20/h4-6H,7H2,1-3H3,(H2,15,18)(H,16,17)(H,19,20). The van der Waals surface area contributed by atoms with Crippen molar-refractivity contribution >= 4 is 23.5 Å². The molecule has 0 bridgehead atoms. The zero-order chi connectivity index (χ0) is 15.5. The van der Waals surface area contributed by atoms with Crippen LogP contribution >= 0.6 is 0 Å². The van der Waals surface area contributed by atoms with E-state index in [2.05, 4.69) is 5.32 Å². The van der Waals surface area contributed by atoms with Crippen LogP contribution in [0, 0.1) is 12.3 Å². The third-order valence-corrected chi connectivity index (χ3v) is 3.05. The fourth-order valence-corrected chi connectivity index (χ4v) is 1.71. The monoisotopic (exact) mass is 278 g/mol. The van der Waals surface area contributed by atoms with Crippen molar-refractivity contribution in [2.24, 2.45) is 11.1 Å². The molecule has 0 fully saturated rings. The second kappa shape index (κ2) is 5.73. The maximum atomic E-state index is 11.9. The highest BCUT2D eigenvalue weighted by molar-refractivity contribution is 5.99. The molecule has 6 nitrogen and oxygen atoms in total. The first-order chi connectivity index (χ1) is 9.15. The average Bonchev–Trinajstić information content (AvgIpc) is 2.30. The zero-order valence-electron chi connectivity index (χ0n) is 11.7. The number of hydrogen-bond donors (Lipinski definition) is 3. The van der Waals surface area contributed by atoms with Gasteiger partial charge in [0.1, 0.15) is 0 Å². The van der Waals surface area contributed by atoms with Crippen LogP contribution in [0.4, 0.5) is 5.69 Å². The van der Waals surface area contributed by atoms with E-state index in [1.165, 1.54) is 13.8 Å². The summed E-state index contributed by atoms with van der Waals surface area (Å²) in [5.41, 5.74) is 5.40. The SMILES string of the molecule is Cc1c(NC(=O)CC(C)(C)C(=O)O)cccc1C(N)=O. The molecule has 6 heteroatoms. The van der Waals surface area contributed by atoms with E-state index in [9.17, 15) is 14.4 Å². The number of aliphatic carboxylic acids is 1. The van der Waals surface area contributed by atoms with Crippen molar-refractivity contribution in [2.45, 2.75) is 27.2 Å². The highest BCUT2D eigenvalue weighted by atomic mass is 16.4. The number of carbonyl (C=O) groups excluding carboxylic acids is 2. The Bertz CT molecular complexity index is 564. The van der Waals surface area contributed by atoms with Crippen molar-refractivity contribution in [3.63, 3.8) is 0 Å². The van der Waals surface area contributed by atoms with E-state index in [0.717, 1.165) is 0 Å². The normalized spacial score (nSPS) is 10.9. The summed E-state index contributed by atoms with van der Waals surface area (Å²) in [4.78, 5) is 34.1. The highest BCUT2D eigenvalue weighted by Crippen LogP contribution is 2.23. The zero-order valence-corrected chi connectivity index (χ0v) is 11.7. The Kier molecular flexibility index (Phi) is 4.49. The van der Waals surface area contributed by atoms with E-state index in [1.807, 2.05) is 0 Å². The molecule has 1 aromatic rings. The molecule has 0 unspecified atom stereocenters. The van der Waals surface area contributed by atoms with Crippen LogP contribution in [-0.4, -0.2) is 22.9 Å². The molecule has 108 valence electrons. The van der Waals surface area contributed by atoms with Crippen molar-refractivity contribution in [1.82, 2.24) is 0 Å². The number of carboxylic acids is 1. The van der Waals surface area contributed by atoms with Gasteiger partial charge in [0.15, 0.2) is 0 Å². The number of hydrogen-bond acceptors (Lipinski definition) is 3. The second-order valence-electron chi connectivity index (χ2n) is 5.26. The molecule has 1 rings (SSSR count). The lowest BCUT2D eigenvalue weighted by atomic mass is 9.89. The quantitative estimate of drug-likeness (QED) is 0.758. The number of benzene rings is 1. The Labute approximate surface area is 117 Å². The Balaban J connectivity index is 2.90. The molecule has 0 saturated carbocycles. The van der Waals surface area contributed by atoms with Gasteiger partial charge in [0.05, 0.1) is 5.41 Å². The third-order valence-electron chi connectivity index (χ3n) is 3.05. The molecular formula is C14H18N2O4. The van der Waals surface area contributed by atoms with Crippen molar-refractivity contribution in [3.05, 3.63) is 29.3 Å². The summed E-state index contributed by atoms with van der Waals surface area (Å²) >= 11 is 0. The smallest absolute Gasteiger partial charge is 0.309 e. The lowest BCUT2D eigenvalue weighted by Crippen LogP contribution is -2.29. The van der Waals surface area contributed by atoms with Gasteiger partial charge in [-0.05, 0) is 38.5 Å². The van der Waals surface area contributed by atoms with Crippen LogP contribution in [-0.2, 0) is 9.59 Å². The van der Waals surface area contributed by atoms with Crippen LogP contribution in [0.2, 0.25) is 0 Å². The van der Waals surface area contributed by atoms with Gasteiger partial charge in [-0.25, -0.2) is 0 Å². The summed E-state index contributed by atoms with van der Waals surface area (Å²) in [6, 6.07) is 4.80. The van der Waals surface area contributed by atoms with Gasteiger partial charge in [-0.3, -0.25) is 14.4 Å². The Hall–Kier alpha value is -2.37. The van der Waals surface area contributed by atoms with Crippen molar-refractivity contribution in [3.8, 4) is 0 Å². The largest absolute Gasteiger partial charge is 0.481 e. The predicted octanol–water partition coefficient (Wildman–Crippen LogP) is 1.53. The maximum Gasteiger partial charge on any atom is 0.309 e. The van der Waals surface area contributed by atoms with Crippen LogP contribution in [0.3, 0.4) is 0 Å². The van der Waals surface area contributed by atoms with Crippen LogP contribution in [0.15, 0.2) is 18.2 Å². The minimum absolute atomic E-state index is 0.164. The first kappa shape index (κ1) is 15.7. The summed E-state index contributed by atoms with van der Waals surface area (Å²) in [5.74, 6) is -2.05. The Morgan fingerprint density at radius 1 is 1.30 bits per heavy atom. The fraction of sp³-hybridized carbons (Fsp3) is 0.357. The first-order valence-corrected chi connectivity index (χ1v) is 6.08. The first-order valence-electron chi connectivity index (χ1n) is 6.08. The molecule has 0 aliphatic rings. The molecule has 4 N–H and O–H groups in total. The summed E-state index contributed by atoms with van der Waals surface area (Å²) in [7, 11) is 0. The minimum atomic E-state index is -1.15. The van der Waals surface area contributed by atoms with Gasteiger partial charge in [0.25, 0.3) is 0 Å². The topological polar surface area (TPSA) is 109 Å². The van der Waals surface area contributed by atoms with E-state index in [0.29, 0.717) is 16.8 Å². The van der Waals surface area contributed by atoms with Gasteiger partial charge in [0.2, 0.25) is 11.8 Å². The fourth-order valence-electron chi connectivity index (χ4n) is 1.71. The van der Waals surface area contributed by atoms with Crippen LogP contribution in [0.25, 0.3) is 0 Å². The minimum Gasteiger partial charge on any atom is -0.481 e. The summed E-state index contributed by atoms with van der Waals surface area (Å²) in [6.07, 6.45) is -0.164. The molecule has 0 atom stereocenters. The predicted molar refractivity (Wildman–Crippen MR) is 74.4 cm³/mol. The molecule has 0 aliphatic carbocycles. The lowest BCUT2D eigenvalue weighted by molar-refractivity contribution is -0.148. The number of amides is 2. The maximum absolute atomic E-state index is 11.9. The van der Waals surface area contributed by atoms with Gasteiger partial charge >= 0.3 is 5.97 Å². The summed E-state index contributed by atoms with van der Waals surface area (Å²) < 4.78 is 0. The number of anilines is 1.